The van der Waals surface area contributed by atoms with E-state index in [1.807, 2.05) is 201 Å². The summed E-state index contributed by atoms with van der Waals surface area (Å²) in [5.74, 6) is 3.12. The molecule has 6 N–H and O–H groups in total. The number of nitrogens with one attached hydrogen (secondary N) is 1. The third kappa shape index (κ3) is 54.4. The Bertz CT molecular complexity index is 4090. The molecule has 0 bridgehead atoms. The van der Waals surface area contributed by atoms with E-state index in [4.69, 9.17) is 77.6 Å². The molecule has 1 amide bonds. The Morgan fingerprint density at radius 1 is 0.512 bits per heavy atom. The number of benzene rings is 6. The largest absolute Gasteiger partial charge is 0.491 e. The minimum absolute atomic E-state index is 0. The fraction of sp³-hybridized carbons (Fsp3) is 0.489. The number of alkyl carbamates (subject to hydrolysis) is 1. The van der Waals surface area contributed by atoms with Crippen LogP contribution >= 0.6 is 20.0 Å². The molecule has 123 heavy (non-hydrogen) atoms. The zero-order valence-corrected chi connectivity index (χ0v) is 77.7. The van der Waals surface area contributed by atoms with Gasteiger partial charge in [0.15, 0.2) is 0 Å². The van der Waals surface area contributed by atoms with Crippen LogP contribution in [0.2, 0.25) is 0 Å². The molecule has 0 spiro atoms. The molecule has 10 rings (SSSR count). The summed E-state index contributed by atoms with van der Waals surface area (Å²) in [5.41, 5.74) is 11.8. The molecule has 0 heterocycles. The molecular weight excluding hydrogens is 1720 g/mol. The maximum absolute atomic E-state index is 11.7. The SMILES string of the molecule is C.C=N[N]=[Pd].CC(=O)O.CC(=O)O.CC(C)Oc1ccc(C2CC2C(=O)O)cc1.CC(C)Oc1ccc(C2CC2N)cc1.CC(C)Oc1ccc(C2CC2NC(=O)OC(C)(C)C)cc1.CC(C)Oc1ccc(C=O)cc1.CCOP(=O)(CC(=O)OC)OCC.COC(=O)/C=C/c1ccc(OC(C)C)cc1.COC(=O)C1CC1c1ccc(OC(C)C)cc1.Cl. The molecule has 4 aliphatic carbocycles. The summed E-state index contributed by atoms with van der Waals surface area (Å²) >= 11 is 2.43. The summed E-state index contributed by atoms with van der Waals surface area (Å²) in [5, 5.41) is 29.6. The van der Waals surface area contributed by atoms with E-state index in [0.717, 1.165) is 91.4 Å². The Morgan fingerprint density at radius 3 is 1.07 bits per heavy atom. The maximum atomic E-state index is 11.7. The molecule has 0 aliphatic heterocycles. The first-order valence-electron chi connectivity index (χ1n) is 39.8. The summed E-state index contributed by atoms with van der Waals surface area (Å²) < 4.78 is 76.5. The first-order chi connectivity index (χ1) is 56.9. The van der Waals surface area contributed by atoms with Crippen LogP contribution in [0.3, 0.4) is 0 Å². The average Bonchev–Trinajstić information content (AvgIpc) is 1.51. The van der Waals surface area contributed by atoms with Gasteiger partial charge in [0.1, 0.15) is 52.5 Å². The molecule has 4 aliphatic rings. The third-order valence-electron chi connectivity index (χ3n) is 16.0. The summed E-state index contributed by atoms with van der Waals surface area (Å²) in [6.45, 7) is 38.6. The van der Waals surface area contributed by atoms with Crippen LogP contribution in [0.5, 0.6) is 34.5 Å². The van der Waals surface area contributed by atoms with Crippen molar-refractivity contribution in [2.24, 2.45) is 26.4 Å². The van der Waals surface area contributed by atoms with E-state index in [-0.39, 0.29) is 118 Å². The third-order valence-corrected chi connectivity index (χ3v) is 18.1. The molecule has 6 aromatic rings. The number of nitrogens with two attached hydrogens (primary N) is 1. The number of carbonyl (C=O) groups is 8. The second-order valence-electron chi connectivity index (χ2n) is 30.2. The Kier molecular flexibility index (Phi) is 57.6. The van der Waals surface area contributed by atoms with Crippen molar-refractivity contribution in [1.29, 1.82) is 0 Å². The number of hydrogen-bond donors (Lipinski definition) is 5. The molecular formula is C92H134ClN4O24PPd. The van der Waals surface area contributed by atoms with Gasteiger partial charge >= 0.3 is 72.1 Å². The van der Waals surface area contributed by atoms with Crippen LogP contribution in [0, 0.1) is 11.8 Å². The fourth-order valence-electron chi connectivity index (χ4n) is 10.7. The Morgan fingerprint density at radius 2 is 0.813 bits per heavy atom. The summed E-state index contributed by atoms with van der Waals surface area (Å²) in [6, 6.07) is 47.3. The molecule has 4 saturated carbocycles. The number of carboxylic acid groups (broad SMARTS) is 3. The average molecular weight is 1850 g/mol. The number of methoxy groups -OCH3 is 3. The van der Waals surface area contributed by atoms with E-state index in [0.29, 0.717) is 29.4 Å². The standard InChI is InChI=1S/C17H25NO3.C14H18O3.2C13H16O3.C12H17NO.C10H12O2.C7H15O5P.2C2H4O2.CH2N2.CH4.ClH.Pd/c1-11(2)20-13-8-6-12(7-9-13)14-10-15(14)18-16(19)21-17(3,4)5;1-9(2)17-11-6-4-10(5-7-11)12-8-13(12)14(15)16-3;1-8(2)16-10-5-3-9(4-6-10)11-7-12(11)13(14)15;1-10(2)16-12-7-4-11(5-8-12)6-9-13(14)15-3;1-8(2)14-10-5-3-9(4-6-10)11-7-12(11)13;1-8(2)12-10-5-3-9(7-11)4-6-10;1-4-11-13(9,12-5-2)6-7(8)10-3;2*1-2(3)4;1-3-2;;;/h6-9,11,14-15H,10H2,1-5H3,(H,18,19);4-7,9,12-13H,8H2,1-3H3;3-6,8,11-12H,7H2,1-2H3,(H,14,15);4-10H,1-3H3;3-6,8,11-12H,7,13H2,1-2H3;3-8H,1-2H3;4-6H2,1-3H3;2*1H3,(H,3,4);1H2;1H4;1H;/b;;;9-6+;;;;;;;;;. The molecule has 31 heteroatoms. The van der Waals surface area contributed by atoms with Gasteiger partial charge in [-0.15, -0.1) is 12.4 Å². The molecule has 0 saturated heterocycles. The second kappa shape index (κ2) is 61.5. The summed E-state index contributed by atoms with van der Waals surface area (Å²) in [7, 11) is 0.755. The Balaban J connectivity index is 0. The van der Waals surface area contributed by atoms with E-state index in [9.17, 15) is 33.3 Å². The van der Waals surface area contributed by atoms with Gasteiger partial charge in [-0.1, -0.05) is 68.1 Å². The molecule has 28 nitrogen and oxygen atoms in total. The Hall–Kier alpha value is -9.85. The normalized spacial score (nSPS) is 16.7. The van der Waals surface area contributed by atoms with Gasteiger partial charge in [0.2, 0.25) is 0 Å². The summed E-state index contributed by atoms with van der Waals surface area (Å²) in [4.78, 5) is 83.8. The van der Waals surface area contributed by atoms with Crippen LogP contribution < -0.4 is 39.5 Å². The number of aldehydes is 1. The van der Waals surface area contributed by atoms with Crippen LogP contribution in [0.4, 0.5) is 4.79 Å². The predicted molar refractivity (Wildman–Crippen MR) is 477 cm³/mol. The number of carboxylic acids is 3. The second-order valence-corrected chi connectivity index (χ2v) is 32.5. The van der Waals surface area contributed by atoms with Crippen molar-refractivity contribution in [2.75, 3.05) is 40.7 Å². The molecule has 4 fully saturated rings. The molecule has 6 aromatic carbocycles. The van der Waals surface area contributed by atoms with Gasteiger partial charge in [0, 0.05) is 49.4 Å². The van der Waals surface area contributed by atoms with E-state index >= 15 is 0 Å². The molecule has 8 atom stereocenters. The first kappa shape index (κ1) is 115. The van der Waals surface area contributed by atoms with Gasteiger partial charge in [0.05, 0.1) is 83.0 Å². The van der Waals surface area contributed by atoms with E-state index < -0.39 is 37.1 Å². The first-order valence-corrected chi connectivity index (χ1v) is 42.3. The summed E-state index contributed by atoms with van der Waals surface area (Å²) in [6.07, 6.45) is 8.10. The molecule has 0 aromatic heterocycles. The van der Waals surface area contributed by atoms with Gasteiger partial charge in [-0.05, 0) is 274 Å². The number of rotatable bonds is 29. The van der Waals surface area contributed by atoms with Gasteiger partial charge in [-0.2, -0.15) is 0 Å². The molecule has 0 radical (unpaired) electrons. The van der Waals surface area contributed by atoms with Crippen molar-refractivity contribution < 1.29 is 134 Å². The van der Waals surface area contributed by atoms with Crippen molar-refractivity contribution in [3.63, 3.8) is 0 Å². The number of ether oxygens (including phenoxy) is 10. The van der Waals surface area contributed by atoms with Gasteiger partial charge < -0.3 is 82.8 Å². The van der Waals surface area contributed by atoms with Crippen LogP contribution in [0.15, 0.2) is 160 Å². The van der Waals surface area contributed by atoms with Crippen molar-refractivity contribution in [2.45, 2.75) is 243 Å². The maximum Gasteiger partial charge on any atom is 0.407 e. The van der Waals surface area contributed by atoms with Crippen molar-refractivity contribution >= 4 is 81.0 Å². The minimum atomic E-state index is -3.27. The van der Waals surface area contributed by atoms with Crippen LogP contribution in [-0.4, -0.2) is 165 Å². The minimum Gasteiger partial charge on any atom is -0.491 e. The zero-order valence-electron chi connectivity index (χ0n) is 74.4. The van der Waals surface area contributed by atoms with Gasteiger partial charge in [-0.3, -0.25) is 33.3 Å². The van der Waals surface area contributed by atoms with Crippen molar-refractivity contribution in [3.8, 4) is 34.5 Å². The zero-order chi connectivity index (χ0) is 91.7. The number of halogens is 1. The van der Waals surface area contributed by atoms with E-state index in [1.165, 1.54) is 44.1 Å². The van der Waals surface area contributed by atoms with Crippen LogP contribution in [0.25, 0.3) is 6.08 Å². The van der Waals surface area contributed by atoms with Gasteiger partial charge in [0.25, 0.3) is 11.9 Å². The van der Waals surface area contributed by atoms with E-state index in [1.54, 1.807) is 44.2 Å². The number of amides is 1. The van der Waals surface area contributed by atoms with Crippen molar-refractivity contribution in [1.82, 2.24) is 5.32 Å². The topological polar surface area (TPSA) is 388 Å². The predicted octanol–water partition coefficient (Wildman–Crippen LogP) is 19.5. The fourth-order valence-corrected chi connectivity index (χ4v) is 12.1. The molecule has 688 valence electrons. The monoisotopic (exact) mass is 1850 g/mol. The number of hydrogen-bond acceptors (Lipinski definition) is 24. The van der Waals surface area contributed by atoms with Crippen molar-refractivity contribution in [3.05, 3.63) is 185 Å². The van der Waals surface area contributed by atoms with Crippen LogP contribution in [0.1, 0.15) is 227 Å². The number of nitrogens with zero attached hydrogens (tertiary/aromatic N) is 2. The number of carbonyl (C=O) groups excluding carboxylic acids is 5. The quantitative estimate of drug-likeness (QED) is 0.00425. The number of aliphatic carboxylic acids is 3. The number of esters is 3. The van der Waals surface area contributed by atoms with E-state index in [2.05, 4.69) is 73.6 Å². The van der Waals surface area contributed by atoms with Gasteiger partial charge in [-0.25, -0.2) is 9.59 Å². The molecule has 8 unspecified atom stereocenters. The van der Waals surface area contributed by atoms with Crippen LogP contribution in [-0.2, 0) is 80.3 Å². The Labute approximate surface area is 744 Å². The smallest absolute Gasteiger partial charge is 0.407 e.